The predicted octanol–water partition coefficient (Wildman–Crippen LogP) is 2.99. The third-order valence-corrected chi connectivity index (χ3v) is 7.34. The zero-order valence-electron chi connectivity index (χ0n) is 18.2. The summed E-state index contributed by atoms with van der Waals surface area (Å²) >= 11 is 0. The molecular formula is C22H44N4. The standard InChI is InChI=1S/C22H44N4/c1-18(2)24-12-8-22(9-13-24)25-10-6-21(7-11-25)17-23-14-15-26(19(3)4)20(5)16-23/h18-22H,6-17H2,1-5H3/t20-/m0/s1. The zero-order chi connectivity index (χ0) is 18.7. The average molecular weight is 365 g/mol. The predicted molar refractivity (Wildman–Crippen MR) is 112 cm³/mol. The van der Waals surface area contributed by atoms with Gasteiger partial charge in [0.05, 0.1) is 0 Å². The SMILES string of the molecule is CC(C)N1CCC(N2CCC(CN3CCN(C(C)C)[C@@H](C)C3)CC2)CC1. The molecule has 26 heavy (non-hydrogen) atoms. The van der Waals surface area contributed by atoms with Crippen molar-refractivity contribution in [2.45, 2.75) is 84.5 Å². The lowest BCUT2D eigenvalue weighted by molar-refractivity contribution is 0.0325. The monoisotopic (exact) mass is 364 g/mol. The van der Waals surface area contributed by atoms with Crippen LogP contribution in [0.15, 0.2) is 0 Å². The number of piperazine rings is 1. The van der Waals surface area contributed by atoms with E-state index in [2.05, 4.69) is 54.2 Å². The normalized spacial score (nSPS) is 29.9. The van der Waals surface area contributed by atoms with Crippen LogP contribution < -0.4 is 0 Å². The van der Waals surface area contributed by atoms with Crippen molar-refractivity contribution < 1.29 is 0 Å². The minimum absolute atomic E-state index is 0.692. The van der Waals surface area contributed by atoms with Gasteiger partial charge >= 0.3 is 0 Å². The van der Waals surface area contributed by atoms with Gasteiger partial charge in [-0.25, -0.2) is 0 Å². The third kappa shape index (κ3) is 5.21. The largest absolute Gasteiger partial charge is 0.301 e. The van der Waals surface area contributed by atoms with Crippen molar-refractivity contribution in [1.82, 2.24) is 19.6 Å². The molecule has 3 heterocycles. The van der Waals surface area contributed by atoms with E-state index < -0.39 is 0 Å². The van der Waals surface area contributed by atoms with E-state index in [0.717, 1.165) is 24.0 Å². The summed E-state index contributed by atoms with van der Waals surface area (Å²) in [7, 11) is 0. The van der Waals surface area contributed by atoms with E-state index in [0.29, 0.717) is 6.04 Å². The Morgan fingerprint density at radius 3 is 1.96 bits per heavy atom. The van der Waals surface area contributed by atoms with Gasteiger partial charge in [-0.2, -0.15) is 0 Å². The van der Waals surface area contributed by atoms with Crippen LogP contribution in [0.25, 0.3) is 0 Å². The molecule has 0 aliphatic carbocycles. The minimum Gasteiger partial charge on any atom is -0.301 e. The van der Waals surface area contributed by atoms with Gasteiger partial charge in [0.1, 0.15) is 0 Å². The van der Waals surface area contributed by atoms with Crippen LogP contribution >= 0.6 is 0 Å². The maximum Gasteiger partial charge on any atom is 0.0198 e. The number of nitrogens with zero attached hydrogens (tertiary/aromatic N) is 4. The maximum atomic E-state index is 2.83. The first-order valence-electron chi connectivity index (χ1n) is 11.4. The van der Waals surface area contributed by atoms with E-state index in [1.54, 1.807) is 0 Å². The number of hydrogen-bond donors (Lipinski definition) is 0. The van der Waals surface area contributed by atoms with Crippen molar-refractivity contribution in [1.29, 1.82) is 0 Å². The summed E-state index contributed by atoms with van der Waals surface area (Å²) in [6.07, 6.45) is 5.61. The van der Waals surface area contributed by atoms with Crippen molar-refractivity contribution in [2.75, 3.05) is 52.4 Å². The van der Waals surface area contributed by atoms with E-state index >= 15 is 0 Å². The van der Waals surface area contributed by atoms with Crippen LogP contribution in [0.2, 0.25) is 0 Å². The molecule has 152 valence electrons. The molecule has 0 unspecified atom stereocenters. The molecule has 0 aromatic carbocycles. The smallest absolute Gasteiger partial charge is 0.0198 e. The molecule has 3 aliphatic heterocycles. The van der Waals surface area contributed by atoms with Crippen LogP contribution in [0.4, 0.5) is 0 Å². The minimum atomic E-state index is 0.692. The molecule has 0 spiro atoms. The van der Waals surface area contributed by atoms with Gasteiger partial charge in [0, 0.05) is 50.3 Å². The van der Waals surface area contributed by atoms with Crippen molar-refractivity contribution in [3.8, 4) is 0 Å². The van der Waals surface area contributed by atoms with E-state index in [1.165, 1.54) is 78.0 Å². The summed E-state index contributed by atoms with van der Waals surface area (Å²) in [6.45, 7) is 22.2. The van der Waals surface area contributed by atoms with Gasteiger partial charge in [-0.3, -0.25) is 4.90 Å². The quantitative estimate of drug-likeness (QED) is 0.743. The number of piperidine rings is 2. The second kappa shape index (κ2) is 9.36. The van der Waals surface area contributed by atoms with Crippen LogP contribution in [-0.2, 0) is 0 Å². The maximum absolute atomic E-state index is 2.83. The summed E-state index contributed by atoms with van der Waals surface area (Å²) in [6, 6.07) is 2.99. The Balaban J connectivity index is 1.37. The second-order valence-corrected chi connectivity index (χ2v) is 9.78. The van der Waals surface area contributed by atoms with E-state index in [-0.39, 0.29) is 0 Å². The van der Waals surface area contributed by atoms with Crippen molar-refractivity contribution >= 4 is 0 Å². The summed E-state index contributed by atoms with van der Waals surface area (Å²) in [5.74, 6) is 0.930. The molecule has 0 saturated carbocycles. The highest BCUT2D eigenvalue weighted by Gasteiger charge is 2.31. The molecule has 4 nitrogen and oxygen atoms in total. The third-order valence-electron chi connectivity index (χ3n) is 7.34. The first-order chi connectivity index (χ1) is 12.4. The molecule has 0 amide bonds. The average Bonchev–Trinajstić information content (AvgIpc) is 2.62. The fourth-order valence-corrected chi connectivity index (χ4v) is 5.61. The Morgan fingerprint density at radius 1 is 0.769 bits per heavy atom. The fourth-order valence-electron chi connectivity index (χ4n) is 5.61. The van der Waals surface area contributed by atoms with E-state index in [4.69, 9.17) is 0 Å². The van der Waals surface area contributed by atoms with Crippen LogP contribution in [0.3, 0.4) is 0 Å². The Hall–Kier alpha value is -0.160. The van der Waals surface area contributed by atoms with Crippen LogP contribution in [0.5, 0.6) is 0 Å². The summed E-state index contributed by atoms with van der Waals surface area (Å²) in [5.41, 5.74) is 0. The second-order valence-electron chi connectivity index (χ2n) is 9.78. The van der Waals surface area contributed by atoms with Crippen LogP contribution in [0, 0.1) is 5.92 Å². The zero-order valence-corrected chi connectivity index (χ0v) is 18.2. The number of rotatable bonds is 5. The van der Waals surface area contributed by atoms with Gasteiger partial charge in [0.2, 0.25) is 0 Å². The molecule has 3 rings (SSSR count). The molecule has 3 fully saturated rings. The summed E-state index contributed by atoms with van der Waals surface area (Å²) in [4.78, 5) is 10.9. The molecular weight excluding hydrogens is 320 g/mol. The van der Waals surface area contributed by atoms with Crippen molar-refractivity contribution in [2.24, 2.45) is 5.92 Å². The molecule has 3 saturated heterocycles. The Morgan fingerprint density at radius 2 is 1.42 bits per heavy atom. The van der Waals surface area contributed by atoms with E-state index in [9.17, 15) is 0 Å². The highest BCUT2D eigenvalue weighted by atomic mass is 15.3. The molecule has 1 atom stereocenters. The van der Waals surface area contributed by atoms with Gasteiger partial charge in [-0.15, -0.1) is 0 Å². The molecule has 4 heteroatoms. The molecule has 0 N–H and O–H groups in total. The lowest BCUT2D eigenvalue weighted by atomic mass is 9.92. The van der Waals surface area contributed by atoms with Gasteiger partial charge in [0.25, 0.3) is 0 Å². The van der Waals surface area contributed by atoms with Crippen LogP contribution in [0.1, 0.15) is 60.3 Å². The highest BCUT2D eigenvalue weighted by Crippen LogP contribution is 2.26. The summed E-state index contributed by atoms with van der Waals surface area (Å²) in [5, 5.41) is 0. The van der Waals surface area contributed by atoms with Crippen LogP contribution in [-0.4, -0.2) is 96.1 Å². The molecule has 3 aliphatic rings. The Labute approximate surface area is 162 Å². The number of likely N-dealkylation sites (tertiary alicyclic amines) is 2. The van der Waals surface area contributed by atoms with Gasteiger partial charge in [-0.1, -0.05) is 0 Å². The molecule has 0 aromatic rings. The topological polar surface area (TPSA) is 13.0 Å². The fraction of sp³-hybridized carbons (Fsp3) is 1.00. The van der Waals surface area contributed by atoms with Crippen molar-refractivity contribution in [3.63, 3.8) is 0 Å². The molecule has 0 aromatic heterocycles. The lowest BCUT2D eigenvalue weighted by Gasteiger charge is -2.45. The lowest BCUT2D eigenvalue weighted by Crippen LogP contribution is -2.55. The first-order valence-corrected chi connectivity index (χ1v) is 11.4. The van der Waals surface area contributed by atoms with Gasteiger partial charge in [-0.05, 0) is 92.4 Å². The Kier molecular flexibility index (Phi) is 7.40. The van der Waals surface area contributed by atoms with E-state index in [1.807, 2.05) is 0 Å². The number of hydrogen-bond acceptors (Lipinski definition) is 4. The van der Waals surface area contributed by atoms with Gasteiger partial charge in [0.15, 0.2) is 0 Å². The highest BCUT2D eigenvalue weighted by molar-refractivity contribution is 4.87. The molecule has 0 radical (unpaired) electrons. The Bertz CT molecular complexity index is 408. The molecule has 0 bridgehead atoms. The first kappa shape index (κ1) is 20.6. The van der Waals surface area contributed by atoms with Crippen molar-refractivity contribution in [3.05, 3.63) is 0 Å². The summed E-state index contributed by atoms with van der Waals surface area (Å²) < 4.78 is 0. The van der Waals surface area contributed by atoms with Gasteiger partial charge < -0.3 is 14.7 Å².